The summed E-state index contributed by atoms with van der Waals surface area (Å²) >= 11 is 6.24. The normalized spacial score (nSPS) is 19.8. The molecule has 0 bridgehead atoms. The van der Waals surface area contributed by atoms with Crippen molar-refractivity contribution in [1.82, 2.24) is 14.7 Å². The van der Waals surface area contributed by atoms with E-state index in [0.29, 0.717) is 48.5 Å². The zero-order valence-corrected chi connectivity index (χ0v) is 26.7. The number of nitrogens with zero attached hydrogens (tertiary/aromatic N) is 3. The molecule has 2 atom stereocenters. The van der Waals surface area contributed by atoms with Gasteiger partial charge in [0.2, 0.25) is 5.91 Å². The van der Waals surface area contributed by atoms with Crippen molar-refractivity contribution in [3.63, 3.8) is 0 Å². The molecule has 4 rings (SSSR count). The van der Waals surface area contributed by atoms with E-state index < -0.39 is 20.1 Å². The van der Waals surface area contributed by atoms with Gasteiger partial charge in [-0.3, -0.25) is 14.3 Å². The van der Waals surface area contributed by atoms with Crippen LogP contribution in [0.3, 0.4) is 0 Å². The van der Waals surface area contributed by atoms with Crippen LogP contribution in [0.25, 0.3) is 0 Å². The molecule has 0 unspecified atom stereocenters. The van der Waals surface area contributed by atoms with E-state index in [-0.39, 0.29) is 29.5 Å². The largest absolute Gasteiger partial charge is 0.458 e. The molecule has 3 heterocycles. The molecular formula is C29H41ClN4O6Si. The van der Waals surface area contributed by atoms with Crippen molar-refractivity contribution >= 4 is 37.6 Å². The van der Waals surface area contributed by atoms with E-state index >= 15 is 0 Å². The van der Waals surface area contributed by atoms with Gasteiger partial charge >= 0.3 is 0 Å². The number of halogens is 1. The van der Waals surface area contributed by atoms with E-state index in [1.807, 2.05) is 13.8 Å². The molecule has 2 aromatic rings. The summed E-state index contributed by atoms with van der Waals surface area (Å²) in [6.07, 6.45) is 3.36. The predicted molar refractivity (Wildman–Crippen MR) is 159 cm³/mol. The molecule has 1 fully saturated rings. The molecule has 2 aliphatic rings. The number of para-hydroxylation sites is 1. The van der Waals surface area contributed by atoms with Gasteiger partial charge < -0.3 is 28.9 Å². The summed E-state index contributed by atoms with van der Waals surface area (Å²) in [6, 6.07) is 7.97. The molecule has 2 amide bonds. The monoisotopic (exact) mass is 604 g/mol. The van der Waals surface area contributed by atoms with Gasteiger partial charge in [-0.25, -0.2) is 0 Å². The van der Waals surface area contributed by atoms with Crippen LogP contribution in [-0.2, 0) is 30.0 Å². The van der Waals surface area contributed by atoms with E-state index in [0.717, 1.165) is 0 Å². The zero-order chi connectivity index (χ0) is 30.0. The third-order valence-electron chi connectivity index (χ3n) is 7.66. The lowest BCUT2D eigenvalue weighted by molar-refractivity contribution is -0.139. The first-order chi connectivity index (χ1) is 19.1. The second-order valence-corrected chi connectivity index (χ2v) is 17.6. The van der Waals surface area contributed by atoms with E-state index in [9.17, 15) is 9.59 Å². The van der Waals surface area contributed by atoms with Crippen molar-refractivity contribution in [3.8, 4) is 5.75 Å². The fourth-order valence-corrected chi connectivity index (χ4v) is 5.61. The first-order valence-corrected chi connectivity index (χ1v) is 17.2. The second-order valence-electron chi connectivity index (χ2n) is 12.4. The first kappa shape index (κ1) is 31.2. The predicted octanol–water partition coefficient (Wildman–Crippen LogP) is 5.21. The van der Waals surface area contributed by atoms with E-state index in [2.05, 4.69) is 44.3 Å². The van der Waals surface area contributed by atoms with Gasteiger partial charge in [-0.15, -0.1) is 0 Å². The number of ether oxygens (including phenoxy) is 3. The molecule has 2 aliphatic heterocycles. The Balaban J connectivity index is 1.44. The Morgan fingerprint density at radius 3 is 2.66 bits per heavy atom. The molecule has 1 aromatic carbocycles. The summed E-state index contributed by atoms with van der Waals surface area (Å²) in [5.74, 6) is -0.0440. The number of benzene rings is 1. The van der Waals surface area contributed by atoms with Crippen LogP contribution >= 0.6 is 11.6 Å². The number of carbonyl (C=O) groups is 2. The number of carbonyl (C=O) groups excluding carboxylic acids is 2. The summed E-state index contributed by atoms with van der Waals surface area (Å²) in [5.41, 5.74) is 0. The van der Waals surface area contributed by atoms with Crippen molar-refractivity contribution in [2.75, 3.05) is 25.1 Å². The summed E-state index contributed by atoms with van der Waals surface area (Å²) in [4.78, 5) is 28.2. The number of aromatic nitrogens is 2. The number of hydrogen-bond acceptors (Lipinski definition) is 7. The fraction of sp³-hybridized carbons (Fsp3) is 0.552. The van der Waals surface area contributed by atoms with Crippen LogP contribution in [0.5, 0.6) is 5.75 Å². The van der Waals surface area contributed by atoms with Gasteiger partial charge in [-0.2, -0.15) is 5.10 Å². The van der Waals surface area contributed by atoms with Crippen molar-refractivity contribution in [1.29, 1.82) is 0 Å². The summed E-state index contributed by atoms with van der Waals surface area (Å²) < 4.78 is 25.5. The number of amides is 2. The third kappa shape index (κ3) is 7.98. The molecule has 0 aliphatic carbocycles. The second kappa shape index (κ2) is 12.3. The van der Waals surface area contributed by atoms with Crippen LogP contribution in [0.4, 0.5) is 5.82 Å². The molecule has 1 aromatic heterocycles. The first-order valence-electron chi connectivity index (χ1n) is 13.9. The van der Waals surface area contributed by atoms with Gasteiger partial charge in [0, 0.05) is 24.9 Å². The maximum Gasteiger partial charge on any atom is 0.251 e. The zero-order valence-electron chi connectivity index (χ0n) is 24.9. The number of nitrogens with one attached hydrogen (secondary N) is 1. The highest BCUT2D eigenvalue weighted by Gasteiger charge is 2.39. The quantitative estimate of drug-likeness (QED) is 0.351. The van der Waals surface area contributed by atoms with E-state index in [1.165, 1.54) is 11.0 Å². The molecule has 0 saturated carbocycles. The third-order valence-corrected chi connectivity index (χ3v) is 12.5. The molecular weight excluding hydrogens is 564 g/mol. The van der Waals surface area contributed by atoms with Crippen LogP contribution in [0.2, 0.25) is 23.2 Å². The van der Waals surface area contributed by atoms with Gasteiger partial charge in [-0.1, -0.05) is 44.5 Å². The van der Waals surface area contributed by atoms with Crippen LogP contribution < -0.4 is 10.1 Å². The Bertz CT molecular complexity index is 1290. The average Bonchev–Trinajstić information content (AvgIpc) is 3.56. The van der Waals surface area contributed by atoms with Gasteiger partial charge in [0.25, 0.3) is 5.91 Å². The van der Waals surface area contributed by atoms with Gasteiger partial charge in [-0.05, 0) is 50.5 Å². The molecule has 224 valence electrons. The van der Waals surface area contributed by atoms with E-state index in [4.69, 9.17) is 30.2 Å². The molecule has 41 heavy (non-hydrogen) atoms. The Morgan fingerprint density at radius 1 is 1.27 bits per heavy atom. The Labute approximate surface area is 248 Å². The van der Waals surface area contributed by atoms with Gasteiger partial charge in [0.1, 0.15) is 23.7 Å². The van der Waals surface area contributed by atoms with Gasteiger partial charge in [0.05, 0.1) is 24.7 Å². The van der Waals surface area contributed by atoms with Crippen molar-refractivity contribution < 1.29 is 28.2 Å². The maximum absolute atomic E-state index is 13.6. The Morgan fingerprint density at radius 2 is 2.00 bits per heavy atom. The van der Waals surface area contributed by atoms with Gasteiger partial charge in [0.15, 0.2) is 19.9 Å². The Hall–Kier alpha value is -2.70. The highest BCUT2D eigenvalue weighted by atomic mass is 35.5. The summed E-state index contributed by atoms with van der Waals surface area (Å²) in [5, 5.41) is 7.83. The average molecular weight is 605 g/mol. The van der Waals surface area contributed by atoms with Crippen LogP contribution in [0.15, 0.2) is 48.4 Å². The summed E-state index contributed by atoms with van der Waals surface area (Å²) in [7, 11) is -2.06. The molecule has 1 N–H and O–H groups in total. The smallest absolute Gasteiger partial charge is 0.251 e. The molecule has 0 radical (unpaired) electrons. The van der Waals surface area contributed by atoms with Crippen molar-refractivity contribution in [2.24, 2.45) is 0 Å². The molecule has 12 heteroatoms. The highest BCUT2D eigenvalue weighted by molar-refractivity contribution is 6.74. The minimum atomic E-state index is -2.06. The molecule has 1 saturated heterocycles. The minimum absolute atomic E-state index is 0.0157. The van der Waals surface area contributed by atoms with Crippen LogP contribution in [-0.4, -0.2) is 72.5 Å². The topological polar surface area (TPSA) is 104 Å². The van der Waals surface area contributed by atoms with E-state index in [1.54, 1.807) is 41.2 Å². The van der Waals surface area contributed by atoms with Crippen molar-refractivity contribution in [3.05, 3.63) is 53.4 Å². The van der Waals surface area contributed by atoms with Crippen LogP contribution in [0.1, 0.15) is 41.0 Å². The summed E-state index contributed by atoms with van der Waals surface area (Å²) in [6.45, 7) is 16.0. The maximum atomic E-state index is 13.6. The fourth-order valence-electron chi connectivity index (χ4n) is 4.38. The lowest BCUT2D eigenvalue weighted by atomic mass is 10.1. The number of rotatable bonds is 11. The number of anilines is 1. The minimum Gasteiger partial charge on any atom is -0.458 e. The molecule has 10 nitrogen and oxygen atoms in total. The molecule has 0 spiro atoms. The highest BCUT2D eigenvalue weighted by Crippen LogP contribution is 2.37. The lowest BCUT2D eigenvalue weighted by Crippen LogP contribution is -2.47. The SMILES string of the molecule is CC1(C)OC[C@@H](Cn2ccc(NC(=O)[C@H](CCO[Si](C)(C)C(C)(C)C)N3CC(Oc4ccccc4Cl)=CC3=O)n2)O1. The lowest BCUT2D eigenvalue weighted by Gasteiger charge is -2.37. The number of hydrogen-bond donors (Lipinski definition) is 1. The van der Waals surface area contributed by atoms with Crippen LogP contribution in [0, 0.1) is 0 Å². The standard InChI is InChI=1S/C29H41ClN4O6Si/c1-28(2,3)41(6,7)38-15-13-23(34-18-20(16-26(34)35)39-24-11-9-8-10-22(24)30)27(36)31-25-12-14-33(32-25)17-21-19-37-29(4,5)40-21/h8-12,14,16,21,23H,13,15,17-19H2,1-7H3,(H,31,32,36)/t21-,23+/m1/s1. The Kier molecular flexibility index (Phi) is 9.34. The van der Waals surface area contributed by atoms with Crippen molar-refractivity contribution in [2.45, 2.75) is 83.6 Å².